The second-order valence-electron chi connectivity index (χ2n) is 7.95. The largest absolute Gasteiger partial charge is 0.459 e. The summed E-state index contributed by atoms with van der Waals surface area (Å²) in [6.45, 7) is 6.07. The Morgan fingerprint density at radius 1 is 1.27 bits per heavy atom. The number of nitrogens with one attached hydrogen (secondary N) is 1. The predicted molar refractivity (Wildman–Crippen MR) is 116 cm³/mol. The summed E-state index contributed by atoms with van der Waals surface area (Å²) >= 11 is 1.48. The number of amides is 1. The molecular formula is C23H25NO5S. The van der Waals surface area contributed by atoms with Crippen molar-refractivity contribution in [3.63, 3.8) is 0 Å². The van der Waals surface area contributed by atoms with Crippen molar-refractivity contribution in [3.8, 4) is 11.5 Å². The van der Waals surface area contributed by atoms with Crippen molar-refractivity contribution < 1.29 is 23.8 Å². The van der Waals surface area contributed by atoms with Gasteiger partial charge >= 0.3 is 5.97 Å². The highest BCUT2D eigenvalue weighted by atomic mass is 32.1. The summed E-state index contributed by atoms with van der Waals surface area (Å²) in [6.07, 6.45) is 5.73. The monoisotopic (exact) mass is 427 g/mol. The maximum absolute atomic E-state index is 12.7. The summed E-state index contributed by atoms with van der Waals surface area (Å²) in [4.78, 5) is 26.5. The quantitative estimate of drug-likeness (QED) is 0.547. The molecule has 158 valence electrons. The van der Waals surface area contributed by atoms with Crippen LogP contribution in [-0.2, 0) is 22.4 Å². The first kappa shape index (κ1) is 20.5. The van der Waals surface area contributed by atoms with Crippen molar-refractivity contribution in [1.29, 1.82) is 0 Å². The van der Waals surface area contributed by atoms with Gasteiger partial charge in [-0.25, -0.2) is 4.79 Å². The van der Waals surface area contributed by atoms with Gasteiger partial charge in [-0.15, -0.1) is 11.3 Å². The molecule has 0 saturated carbocycles. The molecule has 1 N–H and O–H groups in total. The Morgan fingerprint density at radius 3 is 2.87 bits per heavy atom. The highest BCUT2D eigenvalue weighted by molar-refractivity contribution is 7.17. The first-order valence-corrected chi connectivity index (χ1v) is 11.0. The van der Waals surface area contributed by atoms with Gasteiger partial charge in [-0.3, -0.25) is 4.79 Å². The minimum absolute atomic E-state index is 0.208. The van der Waals surface area contributed by atoms with Gasteiger partial charge in [0.25, 0.3) is 0 Å². The number of anilines is 1. The van der Waals surface area contributed by atoms with E-state index in [4.69, 9.17) is 14.2 Å². The molecule has 1 unspecified atom stereocenters. The van der Waals surface area contributed by atoms with Gasteiger partial charge in [-0.05, 0) is 68.4 Å². The van der Waals surface area contributed by atoms with Gasteiger partial charge in [0.1, 0.15) is 5.00 Å². The van der Waals surface area contributed by atoms with Crippen LogP contribution in [-0.4, -0.2) is 24.8 Å². The Kier molecular flexibility index (Phi) is 5.81. The summed E-state index contributed by atoms with van der Waals surface area (Å²) in [5.41, 5.74) is 2.37. The number of carbonyl (C=O) groups excluding carboxylic acids is 2. The minimum Gasteiger partial charge on any atom is -0.459 e. The fourth-order valence-electron chi connectivity index (χ4n) is 3.67. The van der Waals surface area contributed by atoms with Gasteiger partial charge < -0.3 is 19.5 Å². The van der Waals surface area contributed by atoms with Crippen LogP contribution in [0.1, 0.15) is 53.6 Å². The van der Waals surface area contributed by atoms with E-state index in [-0.39, 0.29) is 24.8 Å². The molecule has 1 atom stereocenters. The lowest BCUT2D eigenvalue weighted by molar-refractivity contribution is -0.111. The van der Waals surface area contributed by atoms with Gasteiger partial charge in [-0.1, -0.05) is 13.0 Å². The van der Waals surface area contributed by atoms with Gasteiger partial charge in [0.05, 0.1) is 11.7 Å². The molecule has 2 heterocycles. The average Bonchev–Trinajstić information content (AvgIpc) is 3.28. The van der Waals surface area contributed by atoms with Crippen LogP contribution in [0.4, 0.5) is 5.00 Å². The number of rotatable bonds is 5. The number of thiophene rings is 1. The standard InChI is InChI=1S/C23H25NO5S/c1-13(2)29-23(26)21-16-7-4-14(3)10-19(16)30-22(21)24-20(25)9-6-15-5-8-17-18(11-15)28-12-27-17/h5-6,8-9,11,13-14H,4,7,10,12H2,1-3H3,(H,24,25). The molecule has 0 bridgehead atoms. The zero-order valence-electron chi connectivity index (χ0n) is 17.3. The van der Waals surface area contributed by atoms with Crippen molar-refractivity contribution in [3.05, 3.63) is 45.8 Å². The maximum Gasteiger partial charge on any atom is 0.341 e. The number of hydrogen-bond donors (Lipinski definition) is 1. The summed E-state index contributed by atoms with van der Waals surface area (Å²) in [5.74, 6) is 1.27. The van der Waals surface area contributed by atoms with Gasteiger partial charge in [0.15, 0.2) is 11.5 Å². The van der Waals surface area contributed by atoms with Gasteiger partial charge in [0, 0.05) is 11.0 Å². The van der Waals surface area contributed by atoms with Crippen molar-refractivity contribution in [2.45, 2.75) is 46.1 Å². The van der Waals surface area contributed by atoms with Gasteiger partial charge in [-0.2, -0.15) is 0 Å². The van der Waals surface area contributed by atoms with Crippen molar-refractivity contribution in [2.75, 3.05) is 12.1 Å². The van der Waals surface area contributed by atoms with Crippen molar-refractivity contribution in [1.82, 2.24) is 0 Å². The topological polar surface area (TPSA) is 73.9 Å². The fraction of sp³-hybridized carbons (Fsp3) is 0.391. The summed E-state index contributed by atoms with van der Waals surface area (Å²) < 4.78 is 16.1. The molecule has 0 fully saturated rings. The Bertz CT molecular complexity index is 1010. The van der Waals surface area contributed by atoms with Crippen LogP contribution < -0.4 is 14.8 Å². The molecule has 2 aliphatic rings. The molecule has 30 heavy (non-hydrogen) atoms. The molecule has 1 amide bonds. The normalized spacial score (nSPS) is 17.3. The molecule has 2 aromatic rings. The molecule has 1 aromatic heterocycles. The van der Waals surface area contributed by atoms with Crippen LogP contribution in [0.15, 0.2) is 24.3 Å². The molecule has 6 nitrogen and oxygen atoms in total. The van der Waals surface area contributed by atoms with E-state index in [2.05, 4.69) is 12.2 Å². The van der Waals surface area contributed by atoms with E-state index < -0.39 is 0 Å². The SMILES string of the molecule is CC1CCc2c(sc(NC(=O)C=Cc3ccc4c(c3)OCO4)c2C(=O)OC(C)C)C1. The van der Waals surface area contributed by atoms with Gasteiger partial charge in [0.2, 0.25) is 12.7 Å². The number of carbonyl (C=O) groups is 2. The second kappa shape index (κ2) is 8.52. The molecule has 7 heteroatoms. The first-order valence-electron chi connectivity index (χ1n) is 10.1. The second-order valence-corrected chi connectivity index (χ2v) is 9.05. The molecule has 1 aliphatic heterocycles. The Hall–Kier alpha value is -2.80. The van der Waals surface area contributed by atoms with E-state index >= 15 is 0 Å². The Balaban J connectivity index is 1.54. The van der Waals surface area contributed by atoms with E-state index in [0.29, 0.717) is 28.0 Å². The van der Waals surface area contributed by atoms with E-state index in [1.54, 1.807) is 6.08 Å². The third-order valence-electron chi connectivity index (χ3n) is 5.12. The Labute approximate surface area is 179 Å². The fourth-order valence-corrected chi connectivity index (χ4v) is 5.07. The molecule has 0 spiro atoms. The van der Waals surface area contributed by atoms with E-state index in [9.17, 15) is 9.59 Å². The lowest BCUT2D eigenvalue weighted by atomic mass is 9.88. The van der Waals surface area contributed by atoms with E-state index in [1.165, 1.54) is 22.3 Å². The summed E-state index contributed by atoms with van der Waals surface area (Å²) in [6, 6.07) is 5.49. The highest BCUT2D eigenvalue weighted by Gasteiger charge is 2.29. The number of ether oxygens (including phenoxy) is 3. The number of fused-ring (bicyclic) bond motifs is 2. The highest BCUT2D eigenvalue weighted by Crippen LogP contribution is 2.40. The van der Waals surface area contributed by atoms with Crippen LogP contribution >= 0.6 is 11.3 Å². The van der Waals surface area contributed by atoms with Crippen LogP contribution in [0.5, 0.6) is 11.5 Å². The summed E-state index contributed by atoms with van der Waals surface area (Å²) in [7, 11) is 0. The van der Waals surface area contributed by atoms with Crippen LogP contribution in [0, 0.1) is 5.92 Å². The zero-order chi connectivity index (χ0) is 21.3. The van der Waals surface area contributed by atoms with Crippen LogP contribution in [0.3, 0.4) is 0 Å². The summed E-state index contributed by atoms with van der Waals surface area (Å²) in [5, 5.41) is 3.46. The average molecular weight is 428 g/mol. The molecule has 0 radical (unpaired) electrons. The third-order valence-corrected chi connectivity index (χ3v) is 6.29. The Morgan fingerprint density at radius 2 is 2.07 bits per heavy atom. The molecular weight excluding hydrogens is 402 g/mol. The zero-order valence-corrected chi connectivity index (χ0v) is 18.1. The maximum atomic E-state index is 12.7. The predicted octanol–water partition coefficient (Wildman–Crippen LogP) is 4.82. The first-order chi connectivity index (χ1) is 14.4. The molecule has 0 saturated heterocycles. The minimum atomic E-state index is -0.368. The lowest BCUT2D eigenvalue weighted by Crippen LogP contribution is -2.18. The number of esters is 1. The van der Waals surface area contributed by atoms with E-state index in [0.717, 1.165) is 30.4 Å². The van der Waals surface area contributed by atoms with Crippen molar-refractivity contribution >= 4 is 34.3 Å². The molecule has 1 aliphatic carbocycles. The molecule has 1 aromatic carbocycles. The number of benzene rings is 1. The third kappa shape index (κ3) is 4.36. The van der Waals surface area contributed by atoms with Crippen LogP contribution in [0.2, 0.25) is 0 Å². The molecule has 4 rings (SSSR count). The lowest BCUT2D eigenvalue weighted by Gasteiger charge is -2.18. The van der Waals surface area contributed by atoms with E-state index in [1.807, 2.05) is 32.0 Å². The van der Waals surface area contributed by atoms with Crippen molar-refractivity contribution in [2.24, 2.45) is 5.92 Å². The van der Waals surface area contributed by atoms with Crippen LogP contribution in [0.25, 0.3) is 6.08 Å². The smallest absolute Gasteiger partial charge is 0.341 e. The number of hydrogen-bond acceptors (Lipinski definition) is 6.